The summed E-state index contributed by atoms with van der Waals surface area (Å²) >= 11 is 0. The van der Waals surface area contributed by atoms with Crippen molar-refractivity contribution >= 4 is 0 Å². The van der Waals surface area contributed by atoms with Gasteiger partial charge < -0.3 is 0 Å². The van der Waals surface area contributed by atoms with E-state index >= 15 is 0 Å². The van der Waals surface area contributed by atoms with Crippen LogP contribution in [0.2, 0.25) is 0 Å². The Labute approximate surface area is 77.7 Å². The van der Waals surface area contributed by atoms with E-state index in [0.29, 0.717) is 0 Å². The summed E-state index contributed by atoms with van der Waals surface area (Å²) in [4.78, 5) is 0. The fourth-order valence-corrected chi connectivity index (χ4v) is 2.60. The average molecular weight is 168 g/mol. The molecular weight excluding hydrogens is 144 g/mol. The van der Waals surface area contributed by atoms with E-state index in [2.05, 4.69) is 27.7 Å². The first-order valence-corrected chi connectivity index (χ1v) is 5.59. The van der Waals surface area contributed by atoms with Gasteiger partial charge in [0.05, 0.1) is 0 Å². The molecule has 0 aromatic rings. The second-order valence-electron chi connectivity index (χ2n) is 5.31. The molecule has 0 nitrogen and oxygen atoms in total. The van der Waals surface area contributed by atoms with Gasteiger partial charge >= 0.3 is 0 Å². The minimum absolute atomic E-state index is 0.904. The van der Waals surface area contributed by atoms with Crippen molar-refractivity contribution in [3.05, 3.63) is 0 Å². The second kappa shape index (κ2) is 4.30. The summed E-state index contributed by atoms with van der Waals surface area (Å²) in [5.74, 6) is 3.91. The molecule has 1 aliphatic carbocycles. The Morgan fingerprint density at radius 3 is 2.17 bits per heavy atom. The third-order valence-corrected chi connectivity index (χ3v) is 3.33. The highest BCUT2D eigenvalue weighted by Gasteiger charge is 2.26. The predicted molar refractivity (Wildman–Crippen MR) is 55.1 cm³/mol. The molecule has 0 saturated heterocycles. The van der Waals surface area contributed by atoms with E-state index in [0.717, 1.165) is 23.7 Å². The normalized spacial score (nSPS) is 30.5. The van der Waals surface area contributed by atoms with Crippen molar-refractivity contribution in [3.63, 3.8) is 0 Å². The van der Waals surface area contributed by atoms with E-state index < -0.39 is 0 Å². The second-order valence-corrected chi connectivity index (χ2v) is 5.31. The standard InChI is InChI=1S/C12H24/c1-9(2)7-11-5-6-12(8-11)10(3)4/h9-12H,5-8H2,1-4H3. The third kappa shape index (κ3) is 2.80. The lowest BCUT2D eigenvalue weighted by Crippen LogP contribution is -2.05. The van der Waals surface area contributed by atoms with E-state index in [1.54, 1.807) is 0 Å². The van der Waals surface area contributed by atoms with Crippen molar-refractivity contribution in [2.75, 3.05) is 0 Å². The molecule has 2 atom stereocenters. The molecule has 1 fully saturated rings. The van der Waals surface area contributed by atoms with Gasteiger partial charge in [-0.3, -0.25) is 0 Å². The smallest absolute Gasteiger partial charge is 0.0388 e. The van der Waals surface area contributed by atoms with Crippen LogP contribution >= 0.6 is 0 Å². The lowest BCUT2D eigenvalue weighted by molar-refractivity contribution is 0.355. The van der Waals surface area contributed by atoms with Crippen LogP contribution in [0, 0.1) is 23.7 Å². The van der Waals surface area contributed by atoms with Crippen LogP contribution in [-0.4, -0.2) is 0 Å². The zero-order valence-electron chi connectivity index (χ0n) is 9.14. The van der Waals surface area contributed by atoms with Gasteiger partial charge in [-0.1, -0.05) is 34.1 Å². The van der Waals surface area contributed by atoms with Gasteiger partial charge in [-0.25, -0.2) is 0 Å². The minimum Gasteiger partial charge on any atom is -0.0628 e. The van der Waals surface area contributed by atoms with E-state index in [4.69, 9.17) is 0 Å². The molecule has 0 amide bonds. The molecule has 0 heterocycles. The monoisotopic (exact) mass is 168 g/mol. The summed E-state index contributed by atoms with van der Waals surface area (Å²) in [6.45, 7) is 9.45. The first-order chi connectivity index (χ1) is 5.59. The van der Waals surface area contributed by atoms with Crippen LogP contribution in [0.1, 0.15) is 53.4 Å². The summed E-state index contributed by atoms with van der Waals surface area (Å²) in [5, 5.41) is 0. The molecule has 0 spiro atoms. The summed E-state index contributed by atoms with van der Waals surface area (Å²) in [7, 11) is 0. The van der Waals surface area contributed by atoms with Crippen LogP contribution in [-0.2, 0) is 0 Å². The third-order valence-electron chi connectivity index (χ3n) is 3.33. The fraction of sp³-hybridized carbons (Fsp3) is 1.00. The van der Waals surface area contributed by atoms with Gasteiger partial charge in [0.1, 0.15) is 0 Å². The summed E-state index contributed by atoms with van der Waals surface area (Å²) in [5.41, 5.74) is 0. The highest BCUT2D eigenvalue weighted by molar-refractivity contribution is 4.77. The Morgan fingerprint density at radius 1 is 1.08 bits per heavy atom. The molecule has 1 rings (SSSR count). The maximum atomic E-state index is 2.38. The van der Waals surface area contributed by atoms with Gasteiger partial charge in [-0.15, -0.1) is 0 Å². The molecule has 0 aliphatic heterocycles. The van der Waals surface area contributed by atoms with Crippen molar-refractivity contribution < 1.29 is 0 Å². The van der Waals surface area contributed by atoms with Crippen LogP contribution in [0.3, 0.4) is 0 Å². The molecule has 0 aromatic heterocycles. The first kappa shape index (κ1) is 10.1. The van der Waals surface area contributed by atoms with E-state index in [-0.39, 0.29) is 0 Å². The van der Waals surface area contributed by atoms with Gasteiger partial charge in [-0.2, -0.15) is 0 Å². The molecule has 0 bridgehead atoms. The molecule has 1 aliphatic rings. The average Bonchev–Trinajstić information content (AvgIpc) is 2.34. The van der Waals surface area contributed by atoms with Gasteiger partial charge in [0.25, 0.3) is 0 Å². The SMILES string of the molecule is CC(C)CC1CCC(C(C)C)C1. The Balaban J connectivity index is 2.26. The van der Waals surface area contributed by atoms with Crippen LogP contribution in [0.15, 0.2) is 0 Å². The van der Waals surface area contributed by atoms with Crippen LogP contribution in [0.5, 0.6) is 0 Å². The zero-order chi connectivity index (χ0) is 9.14. The summed E-state index contributed by atoms with van der Waals surface area (Å²) in [6, 6.07) is 0. The Morgan fingerprint density at radius 2 is 1.75 bits per heavy atom. The summed E-state index contributed by atoms with van der Waals surface area (Å²) in [6.07, 6.45) is 5.97. The first-order valence-electron chi connectivity index (χ1n) is 5.59. The topological polar surface area (TPSA) is 0 Å². The van der Waals surface area contributed by atoms with Crippen LogP contribution < -0.4 is 0 Å². The Hall–Kier alpha value is 0. The minimum atomic E-state index is 0.904. The maximum Gasteiger partial charge on any atom is -0.0388 e. The molecule has 72 valence electrons. The largest absolute Gasteiger partial charge is 0.0628 e. The molecule has 12 heavy (non-hydrogen) atoms. The van der Waals surface area contributed by atoms with Crippen molar-refractivity contribution in [2.24, 2.45) is 23.7 Å². The molecule has 0 heteroatoms. The molecule has 0 N–H and O–H groups in total. The highest BCUT2D eigenvalue weighted by Crippen LogP contribution is 2.38. The van der Waals surface area contributed by atoms with Crippen molar-refractivity contribution in [1.82, 2.24) is 0 Å². The van der Waals surface area contributed by atoms with Crippen molar-refractivity contribution in [3.8, 4) is 0 Å². The van der Waals surface area contributed by atoms with Gasteiger partial charge in [-0.05, 0) is 42.9 Å². The maximum absolute atomic E-state index is 2.38. The number of rotatable bonds is 3. The van der Waals surface area contributed by atoms with Crippen molar-refractivity contribution in [2.45, 2.75) is 53.4 Å². The zero-order valence-corrected chi connectivity index (χ0v) is 9.14. The number of hydrogen-bond acceptors (Lipinski definition) is 0. The summed E-state index contributed by atoms with van der Waals surface area (Å²) < 4.78 is 0. The van der Waals surface area contributed by atoms with Crippen LogP contribution in [0.4, 0.5) is 0 Å². The van der Waals surface area contributed by atoms with Gasteiger partial charge in [0, 0.05) is 0 Å². The Bertz CT molecular complexity index is 124. The molecule has 0 radical (unpaired) electrons. The molecule has 1 saturated carbocycles. The van der Waals surface area contributed by atoms with Gasteiger partial charge in [0.15, 0.2) is 0 Å². The molecular formula is C12H24. The number of hydrogen-bond donors (Lipinski definition) is 0. The van der Waals surface area contributed by atoms with E-state index in [1.165, 1.54) is 25.7 Å². The quantitative estimate of drug-likeness (QED) is 0.595. The van der Waals surface area contributed by atoms with Gasteiger partial charge in [0.2, 0.25) is 0 Å². The predicted octanol–water partition coefficient (Wildman–Crippen LogP) is 4.10. The lowest BCUT2D eigenvalue weighted by Gasteiger charge is -2.15. The highest BCUT2D eigenvalue weighted by atomic mass is 14.3. The van der Waals surface area contributed by atoms with E-state index in [9.17, 15) is 0 Å². The van der Waals surface area contributed by atoms with Crippen LogP contribution in [0.25, 0.3) is 0 Å². The molecule has 2 unspecified atom stereocenters. The lowest BCUT2D eigenvalue weighted by atomic mass is 9.90. The Kier molecular flexibility index (Phi) is 3.61. The molecule has 0 aromatic carbocycles. The van der Waals surface area contributed by atoms with Crippen molar-refractivity contribution in [1.29, 1.82) is 0 Å². The fourth-order valence-electron chi connectivity index (χ4n) is 2.60. The van der Waals surface area contributed by atoms with E-state index in [1.807, 2.05) is 0 Å².